The second-order valence-corrected chi connectivity index (χ2v) is 7.54. The van der Waals surface area contributed by atoms with Gasteiger partial charge < -0.3 is 4.98 Å². The summed E-state index contributed by atoms with van der Waals surface area (Å²) in [6.07, 6.45) is 8.97. The lowest BCUT2D eigenvalue weighted by Gasteiger charge is -2.26. The summed E-state index contributed by atoms with van der Waals surface area (Å²) < 4.78 is 14.6. The molecule has 0 spiro atoms. The largest absolute Gasteiger partial charge is 0.346 e. The van der Waals surface area contributed by atoms with Crippen LogP contribution in [0.15, 0.2) is 66.4 Å². The van der Waals surface area contributed by atoms with Gasteiger partial charge in [0.25, 0.3) is 0 Å². The highest BCUT2D eigenvalue weighted by Crippen LogP contribution is 2.32. The molecule has 0 radical (unpaired) electrons. The van der Waals surface area contributed by atoms with E-state index in [4.69, 9.17) is 4.99 Å². The zero-order chi connectivity index (χ0) is 21.0. The van der Waals surface area contributed by atoms with Crippen molar-refractivity contribution in [2.24, 2.45) is 4.99 Å². The summed E-state index contributed by atoms with van der Waals surface area (Å²) in [5, 5.41) is 0.727. The molecule has 0 aliphatic carbocycles. The van der Waals surface area contributed by atoms with Gasteiger partial charge in [-0.2, -0.15) is 0 Å². The normalized spacial score (nSPS) is 14.8. The van der Waals surface area contributed by atoms with Gasteiger partial charge in [0, 0.05) is 28.3 Å². The van der Waals surface area contributed by atoms with Crippen LogP contribution in [0.3, 0.4) is 0 Å². The number of aliphatic imine (C=N–C) groups is 1. The van der Waals surface area contributed by atoms with Gasteiger partial charge >= 0.3 is 0 Å². The van der Waals surface area contributed by atoms with E-state index in [1.807, 2.05) is 44.2 Å². The lowest BCUT2D eigenvalue weighted by molar-refractivity contribution is 0.532. The van der Waals surface area contributed by atoms with Crippen LogP contribution in [0.25, 0.3) is 16.7 Å². The predicted octanol–water partition coefficient (Wildman–Crippen LogP) is 6.82. The Balaban J connectivity index is 2.04. The van der Waals surface area contributed by atoms with Gasteiger partial charge in [0.05, 0.1) is 11.9 Å². The number of aromatic amines is 1. The number of benzene rings is 1. The quantitative estimate of drug-likeness (QED) is 0.350. The second-order valence-electron chi connectivity index (χ2n) is 7.54. The maximum Gasteiger partial charge on any atom is 0.151 e. The Kier molecular flexibility index (Phi) is 6.12. The van der Waals surface area contributed by atoms with Crippen molar-refractivity contribution in [2.45, 2.75) is 46.0 Å². The SMILES string of the molecule is C=C[C@@](C)(CCC)c1cccc(C(C)=N/C(=C\C)c2c(F)cnc3[nH]ccc23)c1. The highest BCUT2D eigenvalue weighted by molar-refractivity contribution is 6.03. The molecule has 0 amide bonds. The summed E-state index contributed by atoms with van der Waals surface area (Å²) in [4.78, 5) is 11.9. The number of rotatable bonds is 7. The zero-order valence-corrected chi connectivity index (χ0v) is 17.6. The minimum atomic E-state index is -0.377. The fraction of sp³-hybridized carbons (Fsp3) is 0.280. The number of nitrogens with one attached hydrogen (secondary N) is 1. The first-order valence-electron chi connectivity index (χ1n) is 10.0. The van der Waals surface area contributed by atoms with E-state index in [0.717, 1.165) is 29.5 Å². The summed E-state index contributed by atoms with van der Waals surface area (Å²) in [7, 11) is 0. The molecule has 0 saturated heterocycles. The van der Waals surface area contributed by atoms with Crippen molar-refractivity contribution in [3.05, 3.63) is 84.0 Å². The van der Waals surface area contributed by atoms with Crippen molar-refractivity contribution >= 4 is 22.4 Å². The van der Waals surface area contributed by atoms with Crippen LogP contribution in [0.1, 0.15) is 57.2 Å². The van der Waals surface area contributed by atoms with Gasteiger partial charge in [-0.3, -0.25) is 4.99 Å². The molecule has 4 heteroatoms. The molecule has 1 atom stereocenters. The van der Waals surface area contributed by atoms with E-state index in [0.29, 0.717) is 16.9 Å². The van der Waals surface area contributed by atoms with E-state index < -0.39 is 0 Å². The van der Waals surface area contributed by atoms with Crippen molar-refractivity contribution in [3.63, 3.8) is 0 Å². The fourth-order valence-electron chi connectivity index (χ4n) is 3.74. The molecule has 150 valence electrons. The molecular weight excluding hydrogens is 361 g/mol. The maximum atomic E-state index is 14.6. The van der Waals surface area contributed by atoms with Gasteiger partial charge in [-0.15, -0.1) is 6.58 Å². The summed E-state index contributed by atoms with van der Waals surface area (Å²) >= 11 is 0. The minimum absolute atomic E-state index is 0.0804. The second kappa shape index (κ2) is 8.56. The number of allylic oxidation sites excluding steroid dienone is 2. The van der Waals surface area contributed by atoms with Crippen LogP contribution in [0.4, 0.5) is 4.39 Å². The van der Waals surface area contributed by atoms with Crippen molar-refractivity contribution in [2.75, 3.05) is 0 Å². The minimum Gasteiger partial charge on any atom is -0.346 e. The number of hydrogen-bond donors (Lipinski definition) is 1. The summed E-state index contributed by atoms with van der Waals surface area (Å²) in [6.45, 7) is 12.3. The Morgan fingerprint density at radius 3 is 2.83 bits per heavy atom. The molecule has 1 aromatic carbocycles. The monoisotopic (exact) mass is 389 g/mol. The fourth-order valence-corrected chi connectivity index (χ4v) is 3.74. The van der Waals surface area contributed by atoms with Gasteiger partial charge in [0.2, 0.25) is 0 Å². The van der Waals surface area contributed by atoms with Crippen molar-refractivity contribution < 1.29 is 4.39 Å². The van der Waals surface area contributed by atoms with Gasteiger partial charge in [-0.25, -0.2) is 9.37 Å². The summed E-state index contributed by atoms with van der Waals surface area (Å²) in [6, 6.07) is 10.2. The average molecular weight is 390 g/mol. The first-order chi connectivity index (χ1) is 13.9. The Labute approximate surface area is 172 Å². The average Bonchev–Trinajstić information content (AvgIpc) is 3.21. The predicted molar refractivity (Wildman–Crippen MR) is 121 cm³/mol. The van der Waals surface area contributed by atoms with E-state index in [1.54, 1.807) is 6.20 Å². The molecule has 0 aliphatic rings. The molecule has 0 bridgehead atoms. The number of aromatic nitrogens is 2. The van der Waals surface area contributed by atoms with E-state index >= 15 is 0 Å². The van der Waals surface area contributed by atoms with Gasteiger partial charge in [-0.05, 0) is 43.5 Å². The summed E-state index contributed by atoms with van der Waals surface area (Å²) in [5.41, 5.74) is 4.70. The van der Waals surface area contributed by atoms with Crippen LogP contribution in [-0.4, -0.2) is 15.7 Å². The van der Waals surface area contributed by atoms with E-state index in [1.165, 1.54) is 11.8 Å². The molecule has 29 heavy (non-hydrogen) atoms. The highest BCUT2D eigenvalue weighted by atomic mass is 19.1. The van der Waals surface area contributed by atoms with Crippen LogP contribution in [-0.2, 0) is 5.41 Å². The lowest BCUT2D eigenvalue weighted by Crippen LogP contribution is -2.18. The molecule has 1 N–H and O–H groups in total. The first kappa shape index (κ1) is 20.7. The molecule has 0 unspecified atom stereocenters. The molecule has 0 fully saturated rings. The van der Waals surface area contributed by atoms with Gasteiger partial charge in [-0.1, -0.05) is 50.6 Å². The number of hydrogen-bond acceptors (Lipinski definition) is 2. The topological polar surface area (TPSA) is 41.0 Å². The van der Waals surface area contributed by atoms with Crippen LogP contribution >= 0.6 is 0 Å². The van der Waals surface area contributed by atoms with E-state index in [-0.39, 0.29) is 11.2 Å². The number of nitrogens with zero attached hydrogens (tertiary/aromatic N) is 2. The number of pyridine rings is 1. The molecule has 3 rings (SSSR count). The van der Waals surface area contributed by atoms with Crippen LogP contribution in [0.2, 0.25) is 0 Å². The third-order valence-corrected chi connectivity index (χ3v) is 5.52. The number of fused-ring (bicyclic) bond motifs is 1. The first-order valence-corrected chi connectivity index (χ1v) is 10.0. The van der Waals surface area contributed by atoms with Crippen molar-refractivity contribution in [1.29, 1.82) is 0 Å². The third kappa shape index (κ3) is 4.07. The Bertz CT molecular complexity index is 1090. The molecule has 3 aromatic rings. The maximum absolute atomic E-state index is 14.6. The molecule has 0 aliphatic heterocycles. The van der Waals surface area contributed by atoms with Crippen LogP contribution in [0, 0.1) is 5.82 Å². The molecule has 2 heterocycles. The number of halogens is 1. The van der Waals surface area contributed by atoms with Gasteiger partial charge in [0.15, 0.2) is 5.82 Å². The van der Waals surface area contributed by atoms with Gasteiger partial charge in [0.1, 0.15) is 5.65 Å². The number of H-pyrrole nitrogens is 1. The van der Waals surface area contributed by atoms with Crippen LogP contribution in [0.5, 0.6) is 0 Å². The zero-order valence-electron chi connectivity index (χ0n) is 17.6. The standard InChI is InChI=1S/C25H28FN3/c1-6-13-25(5,8-3)19-11-9-10-18(15-19)17(4)29-22(7-2)23-20-12-14-27-24(20)28-16-21(23)26/h7-12,14-16H,3,6,13H2,1-2,4-5H3,(H,27,28)/b22-7-,29-17?/t25-/m0/s1. The van der Waals surface area contributed by atoms with Crippen LogP contribution < -0.4 is 0 Å². The molecular formula is C25H28FN3. The lowest BCUT2D eigenvalue weighted by atomic mass is 9.78. The Morgan fingerprint density at radius 2 is 2.14 bits per heavy atom. The summed E-state index contributed by atoms with van der Waals surface area (Å²) in [5.74, 6) is -0.377. The molecule has 0 saturated carbocycles. The van der Waals surface area contributed by atoms with Crippen molar-refractivity contribution in [1.82, 2.24) is 9.97 Å². The van der Waals surface area contributed by atoms with E-state index in [2.05, 4.69) is 42.5 Å². The molecule has 3 nitrogen and oxygen atoms in total. The highest BCUT2D eigenvalue weighted by Gasteiger charge is 2.22. The van der Waals surface area contributed by atoms with Crippen molar-refractivity contribution in [3.8, 4) is 0 Å². The smallest absolute Gasteiger partial charge is 0.151 e. The Morgan fingerprint density at radius 1 is 1.34 bits per heavy atom. The third-order valence-electron chi connectivity index (χ3n) is 5.52. The van der Waals surface area contributed by atoms with E-state index in [9.17, 15) is 4.39 Å². The molecule has 2 aromatic heterocycles. The Hall–Kier alpha value is -3.01.